The Balaban J connectivity index is 2.40. The molecular weight excluding hydrogens is 198 g/mol. The summed E-state index contributed by atoms with van der Waals surface area (Å²) in [6.45, 7) is 8.77. The van der Waals surface area contributed by atoms with Crippen LogP contribution in [0, 0.1) is 5.41 Å². The third-order valence-electron chi connectivity index (χ3n) is 2.11. The van der Waals surface area contributed by atoms with Gasteiger partial charge in [0.05, 0.1) is 0 Å². The molecule has 1 rings (SSSR count). The van der Waals surface area contributed by atoms with Gasteiger partial charge in [-0.05, 0) is 17.5 Å². The van der Waals surface area contributed by atoms with E-state index in [2.05, 4.69) is 42.6 Å². The molecule has 2 nitrogen and oxygen atoms in total. The molecule has 1 aromatic rings. The average molecular weight is 218 g/mol. The zero-order valence-electron chi connectivity index (χ0n) is 10.6. The third-order valence-corrected chi connectivity index (χ3v) is 2.11. The Bertz CT molecular complexity index is 333. The van der Waals surface area contributed by atoms with Crippen molar-refractivity contribution in [2.24, 2.45) is 10.6 Å². The van der Waals surface area contributed by atoms with Gasteiger partial charge in [-0.1, -0.05) is 57.1 Å². The Hall–Kier alpha value is -1.31. The number of hydrogen-bond donors (Lipinski definition) is 0. The van der Waals surface area contributed by atoms with E-state index >= 15 is 0 Å². The smallest absolute Gasteiger partial charge is 0.142 e. The molecule has 0 aliphatic heterocycles. The highest BCUT2D eigenvalue weighted by molar-refractivity contribution is 5.63. The molecule has 0 saturated heterocycles. The summed E-state index contributed by atoms with van der Waals surface area (Å²) in [4.78, 5) is 5.18. The summed E-state index contributed by atoms with van der Waals surface area (Å²) in [6, 6.07) is 8.39. The maximum Gasteiger partial charge on any atom is 0.142 e. The summed E-state index contributed by atoms with van der Waals surface area (Å²) < 4.78 is 0. The van der Waals surface area contributed by atoms with Crippen molar-refractivity contribution < 1.29 is 4.84 Å². The Morgan fingerprint density at radius 3 is 2.19 bits per heavy atom. The quantitative estimate of drug-likeness (QED) is 0.558. The molecule has 87 valence electrons. The summed E-state index contributed by atoms with van der Waals surface area (Å²) in [5, 5.41) is 3.83. The van der Waals surface area contributed by atoms with Crippen LogP contribution in [0.15, 0.2) is 29.4 Å². The van der Waals surface area contributed by atoms with Crippen molar-refractivity contribution in [3.63, 3.8) is 0 Å². The van der Waals surface area contributed by atoms with Crippen molar-refractivity contribution in [3.8, 4) is 0 Å². The molecule has 1 radical (unpaired) electrons. The topological polar surface area (TPSA) is 21.6 Å². The fourth-order valence-electron chi connectivity index (χ4n) is 1.15. The molecule has 0 unspecified atom stereocenters. The molecule has 0 spiro atoms. The van der Waals surface area contributed by atoms with Crippen LogP contribution in [-0.2, 0) is 17.9 Å². The van der Waals surface area contributed by atoms with Gasteiger partial charge in [0.1, 0.15) is 12.8 Å². The predicted molar refractivity (Wildman–Crippen MR) is 67.5 cm³/mol. The lowest BCUT2D eigenvalue weighted by atomic mass is 10.00. The summed E-state index contributed by atoms with van der Waals surface area (Å²) in [6.07, 6.45) is 3.98. The molecule has 16 heavy (non-hydrogen) atoms. The Kier molecular flexibility index (Phi) is 4.53. The van der Waals surface area contributed by atoms with Crippen LogP contribution in [0.1, 0.15) is 38.8 Å². The van der Waals surface area contributed by atoms with Crippen molar-refractivity contribution in [1.29, 1.82) is 0 Å². The van der Waals surface area contributed by atoms with Gasteiger partial charge in [-0.15, -0.1) is 0 Å². The molecule has 0 N–H and O–H groups in total. The van der Waals surface area contributed by atoms with Crippen molar-refractivity contribution >= 4 is 6.21 Å². The first-order valence-corrected chi connectivity index (χ1v) is 5.68. The standard InChI is InChI=1S/C14H20NO/c1-5-12-6-8-13(9-7-12)10-16-15-11-14(2,3)4/h6-9H,5,10H2,1-4H3. The van der Waals surface area contributed by atoms with Gasteiger partial charge in [0.15, 0.2) is 0 Å². The molecule has 0 atom stereocenters. The second kappa shape index (κ2) is 5.69. The van der Waals surface area contributed by atoms with Gasteiger partial charge in [-0.25, -0.2) is 0 Å². The number of aryl methyl sites for hydroxylation is 1. The highest BCUT2D eigenvalue weighted by atomic mass is 16.6. The Morgan fingerprint density at radius 2 is 1.69 bits per heavy atom. The van der Waals surface area contributed by atoms with E-state index in [-0.39, 0.29) is 5.41 Å². The van der Waals surface area contributed by atoms with Gasteiger partial charge in [-0.2, -0.15) is 0 Å². The van der Waals surface area contributed by atoms with Crippen LogP contribution >= 0.6 is 0 Å². The van der Waals surface area contributed by atoms with E-state index in [1.54, 1.807) is 0 Å². The second-order valence-electron chi connectivity index (χ2n) is 4.90. The van der Waals surface area contributed by atoms with Crippen LogP contribution in [0.2, 0.25) is 0 Å². The predicted octanol–water partition coefficient (Wildman–Crippen LogP) is 3.67. The Labute approximate surface area is 98.3 Å². The molecule has 1 aromatic carbocycles. The third kappa shape index (κ3) is 4.96. The molecule has 0 aliphatic rings. The highest BCUT2D eigenvalue weighted by Crippen LogP contribution is 2.09. The summed E-state index contributed by atoms with van der Waals surface area (Å²) in [5.74, 6) is 0. The fraction of sp³-hybridized carbons (Fsp3) is 0.500. The second-order valence-corrected chi connectivity index (χ2v) is 4.90. The van der Waals surface area contributed by atoms with Gasteiger partial charge in [0.25, 0.3) is 0 Å². The van der Waals surface area contributed by atoms with Gasteiger partial charge in [0, 0.05) is 5.41 Å². The molecule has 0 fully saturated rings. The van der Waals surface area contributed by atoms with Crippen molar-refractivity contribution in [3.05, 3.63) is 35.4 Å². The van der Waals surface area contributed by atoms with E-state index < -0.39 is 0 Å². The molecule has 2 heteroatoms. The van der Waals surface area contributed by atoms with E-state index in [4.69, 9.17) is 4.84 Å². The lowest BCUT2D eigenvalue weighted by Gasteiger charge is -2.08. The van der Waals surface area contributed by atoms with Crippen molar-refractivity contribution in [2.45, 2.75) is 40.7 Å². The van der Waals surface area contributed by atoms with Gasteiger partial charge in [-0.3, -0.25) is 0 Å². The largest absolute Gasteiger partial charge is 0.391 e. The number of rotatable bonds is 4. The van der Waals surface area contributed by atoms with Crippen LogP contribution in [0.25, 0.3) is 0 Å². The van der Waals surface area contributed by atoms with E-state index in [1.165, 1.54) is 5.56 Å². The maximum atomic E-state index is 5.18. The minimum atomic E-state index is -0.0495. The van der Waals surface area contributed by atoms with Crippen LogP contribution in [0.3, 0.4) is 0 Å². The first-order valence-electron chi connectivity index (χ1n) is 5.68. The first kappa shape index (κ1) is 12.8. The number of benzene rings is 1. The normalized spacial score (nSPS) is 12.0. The van der Waals surface area contributed by atoms with Crippen LogP contribution in [0.5, 0.6) is 0 Å². The van der Waals surface area contributed by atoms with Crippen molar-refractivity contribution in [2.75, 3.05) is 0 Å². The monoisotopic (exact) mass is 218 g/mol. The van der Waals surface area contributed by atoms with Gasteiger partial charge >= 0.3 is 0 Å². The fourth-order valence-corrected chi connectivity index (χ4v) is 1.15. The van der Waals surface area contributed by atoms with Crippen LogP contribution in [0.4, 0.5) is 0 Å². The zero-order valence-corrected chi connectivity index (χ0v) is 10.6. The average Bonchev–Trinajstić information content (AvgIpc) is 2.24. The van der Waals surface area contributed by atoms with Gasteiger partial charge in [0.2, 0.25) is 0 Å². The number of hydrogen-bond acceptors (Lipinski definition) is 2. The SMILES string of the molecule is CCc1ccc(CO/N=[C]\C(C)(C)C)cc1. The summed E-state index contributed by atoms with van der Waals surface area (Å²) in [7, 11) is 0. The van der Waals surface area contributed by atoms with E-state index in [9.17, 15) is 0 Å². The molecule has 0 bridgehead atoms. The molecule has 0 saturated carbocycles. The number of nitrogens with zero attached hydrogens (tertiary/aromatic N) is 1. The lowest BCUT2D eigenvalue weighted by Crippen LogP contribution is -2.06. The van der Waals surface area contributed by atoms with Crippen LogP contribution in [-0.4, -0.2) is 6.21 Å². The van der Waals surface area contributed by atoms with E-state index in [1.807, 2.05) is 20.8 Å². The molecule has 0 heterocycles. The molecule has 0 amide bonds. The van der Waals surface area contributed by atoms with E-state index in [0.717, 1.165) is 12.0 Å². The Morgan fingerprint density at radius 1 is 1.12 bits per heavy atom. The van der Waals surface area contributed by atoms with Gasteiger partial charge < -0.3 is 4.84 Å². The maximum absolute atomic E-state index is 5.18. The first-order chi connectivity index (χ1) is 7.51. The minimum absolute atomic E-state index is 0.0495. The highest BCUT2D eigenvalue weighted by Gasteiger charge is 2.06. The zero-order chi connectivity index (χ0) is 12.0. The molecule has 0 aromatic heterocycles. The van der Waals surface area contributed by atoms with Crippen molar-refractivity contribution in [1.82, 2.24) is 0 Å². The molecule has 0 aliphatic carbocycles. The van der Waals surface area contributed by atoms with Crippen LogP contribution < -0.4 is 0 Å². The summed E-state index contributed by atoms with van der Waals surface area (Å²) >= 11 is 0. The molecular formula is C14H20NO. The lowest BCUT2D eigenvalue weighted by molar-refractivity contribution is 0.129. The van der Waals surface area contributed by atoms with E-state index in [0.29, 0.717) is 6.61 Å². The summed E-state index contributed by atoms with van der Waals surface area (Å²) in [5.41, 5.74) is 2.43. The minimum Gasteiger partial charge on any atom is -0.391 e.